The lowest BCUT2D eigenvalue weighted by molar-refractivity contribution is 0.0378. The van der Waals surface area contributed by atoms with Crippen LogP contribution in [0.3, 0.4) is 0 Å². The van der Waals surface area contributed by atoms with Crippen molar-refractivity contribution < 1.29 is 14.3 Å². The Hall–Kier alpha value is -1.20. The van der Waals surface area contributed by atoms with Crippen LogP contribution in [0.15, 0.2) is 18.7 Å². The van der Waals surface area contributed by atoms with Gasteiger partial charge in [-0.3, -0.25) is 9.36 Å². The second-order valence-corrected chi connectivity index (χ2v) is 2.44. The largest absolute Gasteiger partial charge is 0.345 e. The summed E-state index contributed by atoms with van der Waals surface area (Å²) in [4.78, 5) is 14.9. The SMILES string of the molecule is O=C(COC1CO1)n1ccnc1. The summed E-state index contributed by atoms with van der Waals surface area (Å²) in [5.74, 6) is -0.136. The van der Waals surface area contributed by atoms with E-state index < -0.39 is 0 Å². The molecule has 0 spiro atoms. The number of ether oxygens (including phenoxy) is 2. The zero-order valence-corrected chi connectivity index (χ0v) is 6.34. The van der Waals surface area contributed by atoms with E-state index >= 15 is 0 Å². The molecule has 2 rings (SSSR count). The molecule has 0 N–H and O–H groups in total. The quantitative estimate of drug-likeness (QED) is 0.591. The van der Waals surface area contributed by atoms with E-state index in [4.69, 9.17) is 9.47 Å². The summed E-state index contributed by atoms with van der Waals surface area (Å²) in [6.45, 7) is 0.637. The third-order valence-corrected chi connectivity index (χ3v) is 1.49. The van der Waals surface area contributed by atoms with E-state index in [1.54, 1.807) is 12.4 Å². The number of rotatable bonds is 3. The van der Waals surface area contributed by atoms with Crippen LogP contribution in [0.2, 0.25) is 0 Å². The van der Waals surface area contributed by atoms with E-state index in [-0.39, 0.29) is 18.8 Å². The Morgan fingerprint density at radius 3 is 3.25 bits per heavy atom. The Morgan fingerprint density at radius 1 is 1.83 bits per heavy atom. The average Bonchev–Trinajstić information content (AvgIpc) is 2.74. The van der Waals surface area contributed by atoms with E-state index in [1.807, 2.05) is 0 Å². The molecule has 1 fully saturated rings. The second-order valence-electron chi connectivity index (χ2n) is 2.44. The van der Waals surface area contributed by atoms with Crippen LogP contribution in [0.1, 0.15) is 4.79 Å². The maximum absolute atomic E-state index is 11.2. The fourth-order valence-electron chi connectivity index (χ4n) is 0.781. The molecule has 1 atom stereocenters. The van der Waals surface area contributed by atoms with Crippen molar-refractivity contribution in [2.75, 3.05) is 13.2 Å². The van der Waals surface area contributed by atoms with Crippen LogP contribution < -0.4 is 0 Å². The summed E-state index contributed by atoms with van der Waals surface area (Å²) in [6.07, 6.45) is 4.40. The van der Waals surface area contributed by atoms with E-state index in [2.05, 4.69) is 4.98 Å². The maximum Gasteiger partial charge on any atom is 0.257 e. The van der Waals surface area contributed by atoms with Gasteiger partial charge in [0.25, 0.3) is 5.91 Å². The van der Waals surface area contributed by atoms with Crippen molar-refractivity contribution in [1.82, 2.24) is 9.55 Å². The van der Waals surface area contributed by atoms with Crippen LogP contribution in [0.4, 0.5) is 0 Å². The normalized spacial score (nSPS) is 20.8. The van der Waals surface area contributed by atoms with Crippen molar-refractivity contribution in [2.45, 2.75) is 6.29 Å². The smallest absolute Gasteiger partial charge is 0.257 e. The molecule has 5 nitrogen and oxygen atoms in total. The highest BCUT2D eigenvalue weighted by Gasteiger charge is 2.24. The monoisotopic (exact) mass is 168 g/mol. The molecule has 1 aromatic heterocycles. The van der Waals surface area contributed by atoms with Gasteiger partial charge in [-0.05, 0) is 0 Å². The molecule has 0 amide bonds. The summed E-state index contributed by atoms with van der Waals surface area (Å²) in [5.41, 5.74) is 0. The number of nitrogens with zero attached hydrogens (tertiary/aromatic N) is 2. The third-order valence-electron chi connectivity index (χ3n) is 1.49. The van der Waals surface area contributed by atoms with Crippen molar-refractivity contribution in [1.29, 1.82) is 0 Å². The molecule has 1 aromatic rings. The minimum Gasteiger partial charge on any atom is -0.345 e. The van der Waals surface area contributed by atoms with Crippen LogP contribution in [-0.4, -0.2) is 35.0 Å². The molecule has 0 saturated carbocycles. The lowest BCUT2D eigenvalue weighted by atomic mass is 10.6. The van der Waals surface area contributed by atoms with Gasteiger partial charge in [0, 0.05) is 12.4 Å². The summed E-state index contributed by atoms with van der Waals surface area (Å²) in [7, 11) is 0. The van der Waals surface area contributed by atoms with Gasteiger partial charge in [0.05, 0.1) is 0 Å². The minimum atomic E-state index is -0.169. The summed E-state index contributed by atoms with van der Waals surface area (Å²) >= 11 is 0. The van der Waals surface area contributed by atoms with Gasteiger partial charge in [-0.2, -0.15) is 0 Å². The van der Waals surface area contributed by atoms with Crippen LogP contribution in [-0.2, 0) is 9.47 Å². The molecule has 1 aliphatic heterocycles. The van der Waals surface area contributed by atoms with Crippen molar-refractivity contribution in [3.63, 3.8) is 0 Å². The van der Waals surface area contributed by atoms with Crippen LogP contribution in [0.5, 0.6) is 0 Å². The van der Waals surface area contributed by atoms with E-state index in [0.717, 1.165) is 0 Å². The molecule has 1 unspecified atom stereocenters. The Morgan fingerprint density at radius 2 is 2.67 bits per heavy atom. The highest BCUT2D eigenvalue weighted by Crippen LogP contribution is 2.09. The number of carbonyl (C=O) groups is 1. The number of imidazole rings is 1. The molecule has 0 aliphatic carbocycles. The Labute approximate surface area is 68.9 Å². The highest BCUT2D eigenvalue weighted by atomic mass is 16.8. The molecular weight excluding hydrogens is 160 g/mol. The van der Waals surface area contributed by atoms with Crippen molar-refractivity contribution >= 4 is 5.91 Å². The molecule has 0 radical (unpaired) electrons. The van der Waals surface area contributed by atoms with Crippen molar-refractivity contribution in [3.05, 3.63) is 18.7 Å². The van der Waals surface area contributed by atoms with Gasteiger partial charge >= 0.3 is 0 Å². The molecule has 64 valence electrons. The lowest BCUT2D eigenvalue weighted by Gasteiger charge is -1.99. The topological polar surface area (TPSA) is 56.6 Å². The minimum absolute atomic E-state index is 0.0427. The van der Waals surface area contributed by atoms with Gasteiger partial charge in [0.1, 0.15) is 19.5 Å². The van der Waals surface area contributed by atoms with E-state index in [0.29, 0.717) is 6.61 Å². The zero-order chi connectivity index (χ0) is 8.39. The van der Waals surface area contributed by atoms with Crippen molar-refractivity contribution in [2.24, 2.45) is 0 Å². The predicted molar refractivity (Wildman–Crippen MR) is 38.5 cm³/mol. The van der Waals surface area contributed by atoms with Gasteiger partial charge in [-0.15, -0.1) is 0 Å². The van der Waals surface area contributed by atoms with Gasteiger partial charge in [0.2, 0.25) is 0 Å². The first-order chi connectivity index (χ1) is 5.86. The van der Waals surface area contributed by atoms with Crippen LogP contribution in [0, 0.1) is 0 Å². The van der Waals surface area contributed by atoms with E-state index in [9.17, 15) is 4.79 Å². The number of carbonyl (C=O) groups excluding carboxylic acids is 1. The first kappa shape index (κ1) is 7.45. The molecule has 12 heavy (non-hydrogen) atoms. The van der Waals surface area contributed by atoms with Gasteiger partial charge in [-0.25, -0.2) is 4.98 Å². The Kier molecular flexibility index (Phi) is 1.89. The first-order valence-electron chi connectivity index (χ1n) is 3.60. The fourth-order valence-corrected chi connectivity index (χ4v) is 0.781. The maximum atomic E-state index is 11.2. The van der Waals surface area contributed by atoms with Gasteiger partial charge in [-0.1, -0.05) is 0 Å². The zero-order valence-electron chi connectivity index (χ0n) is 6.34. The second kappa shape index (κ2) is 3.04. The highest BCUT2D eigenvalue weighted by molar-refractivity contribution is 5.79. The summed E-state index contributed by atoms with van der Waals surface area (Å²) < 4.78 is 11.2. The first-order valence-corrected chi connectivity index (χ1v) is 3.60. The predicted octanol–water partition coefficient (Wildman–Crippen LogP) is -0.104. The number of hydrogen-bond acceptors (Lipinski definition) is 4. The number of aromatic nitrogens is 2. The Bertz CT molecular complexity index is 266. The molecule has 0 bridgehead atoms. The standard InChI is InChI=1S/C7H8N2O3/c10-6(3-11-7-4-12-7)9-2-1-8-5-9/h1-2,5,7H,3-4H2. The molecule has 0 aromatic carbocycles. The summed E-state index contributed by atoms with van der Waals surface area (Å²) in [5, 5.41) is 0. The van der Waals surface area contributed by atoms with Gasteiger partial charge in [0.15, 0.2) is 6.29 Å². The van der Waals surface area contributed by atoms with Crippen LogP contribution in [0.25, 0.3) is 0 Å². The van der Waals surface area contributed by atoms with Crippen molar-refractivity contribution in [3.8, 4) is 0 Å². The number of hydrogen-bond donors (Lipinski definition) is 0. The molecular formula is C7H8N2O3. The third kappa shape index (κ3) is 1.69. The van der Waals surface area contributed by atoms with E-state index in [1.165, 1.54) is 10.9 Å². The van der Waals surface area contributed by atoms with Gasteiger partial charge < -0.3 is 9.47 Å². The number of epoxide rings is 1. The molecule has 5 heteroatoms. The Balaban J connectivity index is 1.83. The lowest BCUT2D eigenvalue weighted by Crippen LogP contribution is -2.16. The van der Waals surface area contributed by atoms with Crippen LogP contribution >= 0.6 is 0 Å². The summed E-state index contributed by atoms with van der Waals surface area (Å²) in [6, 6.07) is 0. The molecule has 1 saturated heterocycles. The average molecular weight is 168 g/mol. The molecule has 2 heterocycles. The fraction of sp³-hybridized carbons (Fsp3) is 0.429. The molecule has 1 aliphatic rings.